The number of nitrogens with zero attached hydrogens (tertiary/aromatic N) is 3. The average Bonchev–Trinajstić information content (AvgIpc) is 3.00. The van der Waals surface area contributed by atoms with Gasteiger partial charge in [-0.25, -0.2) is 9.67 Å². The molecular formula is C12H10Cl3N3O2. The molecule has 2 heterocycles. The van der Waals surface area contributed by atoms with Crippen LogP contribution >= 0.6 is 34.8 Å². The highest BCUT2D eigenvalue weighted by molar-refractivity contribution is 6.39. The minimum atomic E-state index is -1.08. The molecule has 2 aromatic rings. The van der Waals surface area contributed by atoms with E-state index in [-0.39, 0.29) is 0 Å². The van der Waals surface area contributed by atoms with E-state index in [0.29, 0.717) is 40.4 Å². The molecule has 1 aliphatic rings. The summed E-state index contributed by atoms with van der Waals surface area (Å²) in [5, 5.41) is 5.30. The molecule has 1 aromatic heterocycles. The van der Waals surface area contributed by atoms with Crippen LogP contribution in [0.5, 0.6) is 0 Å². The second kappa shape index (κ2) is 5.50. The Balaban J connectivity index is 2.07. The molecule has 0 unspecified atom stereocenters. The number of aromatic nitrogens is 3. The van der Waals surface area contributed by atoms with Gasteiger partial charge in [0.15, 0.2) is 0 Å². The van der Waals surface area contributed by atoms with Crippen molar-refractivity contribution in [1.29, 1.82) is 0 Å². The van der Waals surface area contributed by atoms with Gasteiger partial charge in [0.2, 0.25) is 5.79 Å². The number of hydrogen-bond donors (Lipinski definition) is 0. The molecule has 0 spiro atoms. The summed E-state index contributed by atoms with van der Waals surface area (Å²) < 4.78 is 13.2. The SMILES string of the molecule is Clc1cc(Cl)c(C2(Cn3cncn3)OCCO2)c(Cl)c1. The van der Waals surface area contributed by atoms with Crippen LogP contribution < -0.4 is 0 Å². The van der Waals surface area contributed by atoms with E-state index in [9.17, 15) is 0 Å². The van der Waals surface area contributed by atoms with Gasteiger partial charge in [0.25, 0.3) is 0 Å². The molecule has 3 rings (SSSR count). The molecule has 0 atom stereocenters. The number of ether oxygens (including phenoxy) is 2. The summed E-state index contributed by atoms with van der Waals surface area (Å²) in [5.41, 5.74) is 0.554. The molecule has 0 bridgehead atoms. The summed E-state index contributed by atoms with van der Waals surface area (Å²) in [6.07, 6.45) is 3.01. The molecule has 8 heteroatoms. The Labute approximate surface area is 130 Å². The Morgan fingerprint density at radius 1 is 1.15 bits per heavy atom. The second-order valence-electron chi connectivity index (χ2n) is 4.29. The van der Waals surface area contributed by atoms with E-state index in [0.717, 1.165) is 0 Å². The van der Waals surface area contributed by atoms with Gasteiger partial charge >= 0.3 is 0 Å². The van der Waals surface area contributed by atoms with Crippen molar-refractivity contribution in [3.8, 4) is 0 Å². The Kier molecular flexibility index (Phi) is 3.88. The highest BCUT2D eigenvalue weighted by Crippen LogP contribution is 2.42. The zero-order chi connectivity index (χ0) is 14.2. The quantitative estimate of drug-likeness (QED) is 0.865. The Hall–Kier alpha value is -0.850. The summed E-state index contributed by atoms with van der Waals surface area (Å²) in [6.45, 7) is 1.20. The van der Waals surface area contributed by atoms with Crippen LogP contribution in [0.15, 0.2) is 24.8 Å². The standard InChI is InChI=1S/C12H10Cl3N3O2/c13-8-3-9(14)11(10(15)4-8)12(19-1-2-20-12)5-18-7-16-6-17-18/h3-4,6-7H,1-2,5H2. The fourth-order valence-corrected chi connectivity index (χ4v) is 3.31. The number of hydrogen-bond acceptors (Lipinski definition) is 4. The topological polar surface area (TPSA) is 49.2 Å². The maximum Gasteiger partial charge on any atom is 0.218 e. The van der Waals surface area contributed by atoms with Gasteiger partial charge in [-0.05, 0) is 12.1 Å². The largest absolute Gasteiger partial charge is 0.342 e. The van der Waals surface area contributed by atoms with Crippen LogP contribution in [0.4, 0.5) is 0 Å². The van der Waals surface area contributed by atoms with Gasteiger partial charge < -0.3 is 9.47 Å². The fourth-order valence-electron chi connectivity index (χ4n) is 2.20. The third-order valence-electron chi connectivity index (χ3n) is 2.98. The molecule has 106 valence electrons. The summed E-state index contributed by atoms with van der Waals surface area (Å²) in [4.78, 5) is 3.90. The lowest BCUT2D eigenvalue weighted by atomic mass is 10.1. The van der Waals surface area contributed by atoms with Crippen LogP contribution in [0.25, 0.3) is 0 Å². The van der Waals surface area contributed by atoms with Crippen molar-refractivity contribution >= 4 is 34.8 Å². The molecule has 1 aromatic carbocycles. The number of benzene rings is 1. The molecular weight excluding hydrogens is 325 g/mol. The van der Waals surface area contributed by atoms with Crippen molar-refractivity contribution in [2.75, 3.05) is 13.2 Å². The van der Waals surface area contributed by atoms with Gasteiger partial charge in [0.05, 0.1) is 28.8 Å². The van der Waals surface area contributed by atoms with E-state index in [2.05, 4.69) is 10.1 Å². The van der Waals surface area contributed by atoms with Crippen LogP contribution in [0.2, 0.25) is 15.1 Å². The predicted molar refractivity (Wildman–Crippen MR) is 75.1 cm³/mol. The monoisotopic (exact) mass is 333 g/mol. The lowest BCUT2D eigenvalue weighted by molar-refractivity contribution is -0.177. The van der Waals surface area contributed by atoms with Crippen LogP contribution in [0, 0.1) is 0 Å². The van der Waals surface area contributed by atoms with Crippen molar-refractivity contribution in [3.63, 3.8) is 0 Å². The molecule has 0 radical (unpaired) electrons. The van der Waals surface area contributed by atoms with Gasteiger partial charge in [-0.3, -0.25) is 0 Å². The van der Waals surface area contributed by atoms with Gasteiger partial charge in [-0.1, -0.05) is 34.8 Å². The van der Waals surface area contributed by atoms with Crippen molar-refractivity contribution in [1.82, 2.24) is 14.8 Å². The molecule has 0 aliphatic carbocycles. The third-order valence-corrected chi connectivity index (χ3v) is 3.79. The minimum Gasteiger partial charge on any atom is -0.342 e. The fraction of sp³-hybridized carbons (Fsp3) is 0.333. The van der Waals surface area contributed by atoms with Crippen molar-refractivity contribution < 1.29 is 9.47 Å². The Bertz CT molecular complexity index is 589. The van der Waals surface area contributed by atoms with Crippen molar-refractivity contribution in [2.24, 2.45) is 0 Å². The summed E-state index contributed by atoms with van der Waals surface area (Å²) in [7, 11) is 0. The molecule has 1 aliphatic heterocycles. The first-order chi connectivity index (χ1) is 9.61. The zero-order valence-corrected chi connectivity index (χ0v) is 12.5. The molecule has 0 saturated carbocycles. The molecule has 1 fully saturated rings. The van der Waals surface area contributed by atoms with E-state index < -0.39 is 5.79 Å². The van der Waals surface area contributed by atoms with Gasteiger partial charge in [-0.2, -0.15) is 5.10 Å². The third kappa shape index (κ3) is 2.52. The Morgan fingerprint density at radius 2 is 1.80 bits per heavy atom. The summed E-state index contributed by atoms with van der Waals surface area (Å²) in [6, 6.07) is 3.22. The summed E-state index contributed by atoms with van der Waals surface area (Å²) >= 11 is 18.5. The van der Waals surface area contributed by atoms with Crippen LogP contribution in [-0.2, 0) is 21.8 Å². The van der Waals surface area contributed by atoms with Gasteiger partial charge in [0.1, 0.15) is 19.2 Å². The van der Waals surface area contributed by atoms with Crippen LogP contribution in [0.3, 0.4) is 0 Å². The average molecular weight is 335 g/mol. The number of rotatable bonds is 3. The predicted octanol–water partition coefficient (Wildman–Crippen LogP) is 3.14. The van der Waals surface area contributed by atoms with E-state index in [1.54, 1.807) is 23.1 Å². The van der Waals surface area contributed by atoms with Crippen molar-refractivity contribution in [3.05, 3.63) is 45.4 Å². The normalized spacial score (nSPS) is 17.6. The first kappa shape index (κ1) is 14.1. The number of halogens is 3. The Morgan fingerprint density at radius 3 is 2.35 bits per heavy atom. The van der Waals surface area contributed by atoms with Crippen LogP contribution in [0.1, 0.15) is 5.56 Å². The first-order valence-electron chi connectivity index (χ1n) is 5.86. The smallest absolute Gasteiger partial charge is 0.218 e. The lowest BCUT2D eigenvalue weighted by Gasteiger charge is -2.29. The molecule has 5 nitrogen and oxygen atoms in total. The highest BCUT2D eigenvalue weighted by atomic mass is 35.5. The van der Waals surface area contributed by atoms with E-state index in [4.69, 9.17) is 44.3 Å². The molecule has 0 amide bonds. The van der Waals surface area contributed by atoms with Crippen LogP contribution in [-0.4, -0.2) is 28.0 Å². The van der Waals surface area contributed by atoms with E-state index >= 15 is 0 Å². The zero-order valence-electron chi connectivity index (χ0n) is 10.2. The molecule has 20 heavy (non-hydrogen) atoms. The highest BCUT2D eigenvalue weighted by Gasteiger charge is 2.43. The van der Waals surface area contributed by atoms with E-state index in [1.165, 1.54) is 6.33 Å². The first-order valence-corrected chi connectivity index (χ1v) is 6.99. The minimum absolute atomic E-state index is 0.300. The molecule has 1 saturated heterocycles. The van der Waals surface area contributed by atoms with Gasteiger partial charge in [-0.15, -0.1) is 0 Å². The van der Waals surface area contributed by atoms with Gasteiger partial charge in [0, 0.05) is 5.02 Å². The molecule has 0 N–H and O–H groups in total. The maximum absolute atomic E-state index is 6.27. The van der Waals surface area contributed by atoms with Crippen molar-refractivity contribution in [2.45, 2.75) is 12.3 Å². The maximum atomic E-state index is 6.27. The lowest BCUT2D eigenvalue weighted by Crippen LogP contribution is -2.33. The van der Waals surface area contributed by atoms with E-state index in [1.807, 2.05) is 0 Å². The second-order valence-corrected chi connectivity index (χ2v) is 5.54. The summed E-state index contributed by atoms with van der Waals surface area (Å²) in [5.74, 6) is -1.08.